The fourth-order valence-corrected chi connectivity index (χ4v) is 3.41. The van der Waals surface area contributed by atoms with Crippen molar-refractivity contribution in [3.05, 3.63) is 41.7 Å². The highest BCUT2D eigenvalue weighted by Crippen LogP contribution is 2.32. The third-order valence-electron chi connectivity index (χ3n) is 4.86. The largest absolute Gasteiger partial charge is 0.416 e. The first kappa shape index (κ1) is 20.2. The highest BCUT2D eigenvalue weighted by atomic mass is 19.4. The summed E-state index contributed by atoms with van der Waals surface area (Å²) in [5, 5.41) is 6.53. The molecule has 6 nitrogen and oxygen atoms in total. The molecular formula is C19H23F3N4O2. The standard InChI is InChI=1S/C19H23F3N4O2/c1-3-16(18(27)23-17-11-13(2)28-24-17)26-9-7-25(8-10-26)15-6-4-5-14(12-15)19(20,21)22/h4-6,11-12,16H,3,7-10H2,1-2H3,(H,23,24,27). The fraction of sp³-hybridized carbons (Fsp3) is 0.474. The molecule has 2 heterocycles. The highest BCUT2D eigenvalue weighted by Gasteiger charge is 2.32. The van der Waals surface area contributed by atoms with Crippen LogP contribution in [0.5, 0.6) is 0 Å². The molecule has 2 aromatic rings. The molecule has 9 heteroatoms. The molecule has 1 amide bonds. The van der Waals surface area contributed by atoms with E-state index in [0.717, 1.165) is 6.07 Å². The molecule has 1 fully saturated rings. The minimum Gasteiger partial charge on any atom is -0.369 e. The van der Waals surface area contributed by atoms with Gasteiger partial charge in [-0.2, -0.15) is 13.2 Å². The summed E-state index contributed by atoms with van der Waals surface area (Å²) in [7, 11) is 0. The molecule has 1 saturated heterocycles. The average molecular weight is 396 g/mol. The van der Waals surface area contributed by atoms with Crippen LogP contribution in [0.25, 0.3) is 0 Å². The van der Waals surface area contributed by atoms with Crippen LogP contribution in [0.3, 0.4) is 0 Å². The maximum Gasteiger partial charge on any atom is 0.416 e. The van der Waals surface area contributed by atoms with E-state index in [1.54, 1.807) is 19.1 Å². The third kappa shape index (κ3) is 4.64. The lowest BCUT2D eigenvalue weighted by Crippen LogP contribution is -2.53. The van der Waals surface area contributed by atoms with Crippen molar-refractivity contribution in [2.45, 2.75) is 32.5 Å². The molecule has 1 aliphatic rings. The van der Waals surface area contributed by atoms with Crippen LogP contribution < -0.4 is 10.2 Å². The molecule has 1 N–H and O–H groups in total. The van der Waals surface area contributed by atoms with Gasteiger partial charge in [0.05, 0.1) is 11.6 Å². The Morgan fingerprint density at radius 2 is 1.96 bits per heavy atom. The zero-order valence-corrected chi connectivity index (χ0v) is 15.8. The number of rotatable bonds is 5. The summed E-state index contributed by atoms with van der Waals surface area (Å²) in [6.07, 6.45) is -3.74. The van der Waals surface area contributed by atoms with Crippen LogP contribution in [0.1, 0.15) is 24.7 Å². The van der Waals surface area contributed by atoms with Gasteiger partial charge >= 0.3 is 6.18 Å². The average Bonchev–Trinajstić information content (AvgIpc) is 3.07. The number of aromatic nitrogens is 1. The molecule has 1 aromatic carbocycles. The number of hydrogen-bond donors (Lipinski definition) is 1. The van der Waals surface area contributed by atoms with Crippen molar-refractivity contribution in [1.29, 1.82) is 0 Å². The topological polar surface area (TPSA) is 61.6 Å². The Morgan fingerprint density at radius 3 is 2.54 bits per heavy atom. The van der Waals surface area contributed by atoms with E-state index in [1.807, 2.05) is 16.7 Å². The Labute approximate surface area is 161 Å². The predicted molar refractivity (Wildman–Crippen MR) is 99.2 cm³/mol. The molecule has 1 atom stereocenters. The minimum absolute atomic E-state index is 0.164. The first-order chi connectivity index (χ1) is 13.3. The van der Waals surface area contributed by atoms with E-state index >= 15 is 0 Å². The molecule has 3 rings (SSSR count). The quantitative estimate of drug-likeness (QED) is 0.838. The van der Waals surface area contributed by atoms with Crippen molar-refractivity contribution in [2.75, 3.05) is 36.4 Å². The zero-order valence-electron chi connectivity index (χ0n) is 15.8. The molecule has 1 unspecified atom stereocenters. The Hall–Kier alpha value is -2.55. The summed E-state index contributed by atoms with van der Waals surface area (Å²) in [5.41, 5.74) is -0.105. The monoisotopic (exact) mass is 396 g/mol. The molecule has 0 radical (unpaired) electrons. The first-order valence-electron chi connectivity index (χ1n) is 9.18. The normalized spacial score (nSPS) is 16.8. The maximum atomic E-state index is 12.9. The van der Waals surface area contributed by atoms with Gasteiger partial charge in [-0.3, -0.25) is 9.69 Å². The number of anilines is 2. The molecule has 28 heavy (non-hydrogen) atoms. The number of aryl methyl sites for hydroxylation is 1. The molecular weight excluding hydrogens is 373 g/mol. The lowest BCUT2D eigenvalue weighted by molar-refractivity contribution is -0.137. The van der Waals surface area contributed by atoms with E-state index in [1.165, 1.54) is 12.1 Å². The van der Waals surface area contributed by atoms with E-state index in [9.17, 15) is 18.0 Å². The second-order valence-electron chi connectivity index (χ2n) is 6.81. The van der Waals surface area contributed by atoms with Crippen molar-refractivity contribution < 1.29 is 22.5 Å². The van der Waals surface area contributed by atoms with E-state index in [4.69, 9.17) is 4.52 Å². The van der Waals surface area contributed by atoms with E-state index in [0.29, 0.717) is 49.9 Å². The fourth-order valence-electron chi connectivity index (χ4n) is 3.41. The van der Waals surface area contributed by atoms with Gasteiger partial charge in [-0.15, -0.1) is 0 Å². The van der Waals surface area contributed by atoms with Crippen molar-refractivity contribution in [3.63, 3.8) is 0 Å². The van der Waals surface area contributed by atoms with E-state index < -0.39 is 11.7 Å². The summed E-state index contributed by atoms with van der Waals surface area (Å²) in [6.45, 7) is 5.94. The Bertz CT molecular complexity index is 814. The van der Waals surface area contributed by atoms with Crippen molar-refractivity contribution >= 4 is 17.4 Å². The van der Waals surface area contributed by atoms with E-state index in [2.05, 4.69) is 10.5 Å². The molecule has 0 bridgehead atoms. The van der Waals surface area contributed by atoms with Gasteiger partial charge in [0, 0.05) is 37.9 Å². The number of amides is 1. The van der Waals surface area contributed by atoms with Gasteiger partial charge in [0.15, 0.2) is 5.82 Å². The van der Waals surface area contributed by atoms with Crippen LogP contribution >= 0.6 is 0 Å². The van der Waals surface area contributed by atoms with Crippen LogP contribution in [0.15, 0.2) is 34.9 Å². The summed E-state index contributed by atoms with van der Waals surface area (Å²) in [6, 6.07) is 6.67. The van der Waals surface area contributed by atoms with Crippen molar-refractivity contribution in [2.24, 2.45) is 0 Å². The SMILES string of the molecule is CCC(C(=O)Nc1cc(C)on1)N1CCN(c2cccc(C(F)(F)F)c2)CC1. The molecule has 0 saturated carbocycles. The minimum atomic E-state index is -4.36. The lowest BCUT2D eigenvalue weighted by atomic mass is 10.1. The van der Waals surface area contributed by atoms with E-state index in [-0.39, 0.29) is 11.9 Å². The molecule has 0 spiro atoms. The van der Waals surface area contributed by atoms with Gasteiger partial charge in [0.25, 0.3) is 0 Å². The van der Waals surface area contributed by atoms with Crippen LogP contribution in [0.2, 0.25) is 0 Å². The Kier molecular flexibility index (Phi) is 5.93. The Balaban J connectivity index is 1.61. The van der Waals surface area contributed by atoms with Gasteiger partial charge in [-0.05, 0) is 31.5 Å². The number of nitrogens with zero attached hydrogens (tertiary/aromatic N) is 3. The number of piperazine rings is 1. The molecule has 1 aromatic heterocycles. The maximum absolute atomic E-state index is 12.9. The van der Waals surface area contributed by atoms with Crippen molar-refractivity contribution in [1.82, 2.24) is 10.1 Å². The van der Waals surface area contributed by atoms with Gasteiger partial charge in [-0.1, -0.05) is 18.1 Å². The number of benzene rings is 1. The summed E-state index contributed by atoms with van der Waals surface area (Å²) in [5.74, 6) is 0.824. The summed E-state index contributed by atoms with van der Waals surface area (Å²) in [4.78, 5) is 16.5. The van der Waals surface area contributed by atoms with Crippen LogP contribution in [-0.2, 0) is 11.0 Å². The number of alkyl halides is 3. The first-order valence-corrected chi connectivity index (χ1v) is 9.18. The predicted octanol–water partition coefficient (Wildman–Crippen LogP) is 3.54. The molecule has 1 aliphatic heterocycles. The number of nitrogens with one attached hydrogen (secondary N) is 1. The molecule has 0 aliphatic carbocycles. The summed E-state index contributed by atoms with van der Waals surface area (Å²) < 4.78 is 43.8. The third-order valence-corrected chi connectivity index (χ3v) is 4.86. The smallest absolute Gasteiger partial charge is 0.369 e. The van der Waals surface area contributed by atoms with Gasteiger partial charge in [0.1, 0.15) is 5.76 Å². The zero-order chi connectivity index (χ0) is 20.3. The lowest BCUT2D eigenvalue weighted by Gasteiger charge is -2.39. The van der Waals surface area contributed by atoms with Crippen LogP contribution in [-0.4, -0.2) is 48.2 Å². The second-order valence-corrected chi connectivity index (χ2v) is 6.81. The Morgan fingerprint density at radius 1 is 1.25 bits per heavy atom. The molecule has 152 valence electrons. The second kappa shape index (κ2) is 8.22. The van der Waals surface area contributed by atoms with Crippen LogP contribution in [0, 0.1) is 6.92 Å². The number of hydrogen-bond acceptors (Lipinski definition) is 5. The van der Waals surface area contributed by atoms with Crippen molar-refractivity contribution in [3.8, 4) is 0 Å². The number of carbonyl (C=O) groups is 1. The number of halogens is 3. The van der Waals surface area contributed by atoms with Gasteiger partial charge < -0.3 is 14.7 Å². The van der Waals surface area contributed by atoms with Gasteiger partial charge in [-0.25, -0.2) is 0 Å². The highest BCUT2D eigenvalue weighted by molar-refractivity contribution is 5.94. The summed E-state index contributed by atoms with van der Waals surface area (Å²) >= 11 is 0. The van der Waals surface area contributed by atoms with Gasteiger partial charge in [0.2, 0.25) is 5.91 Å². The number of carbonyl (C=O) groups excluding carboxylic acids is 1. The van der Waals surface area contributed by atoms with Crippen LogP contribution in [0.4, 0.5) is 24.7 Å².